The third kappa shape index (κ3) is 4.44. The maximum atomic E-state index is 5.69. The van der Waals surface area contributed by atoms with Gasteiger partial charge in [-0.1, -0.05) is 13.0 Å². The molecule has 1 fully saturated rings. The van der Waals surface area contributed by atoms with Gasteiger partial charge in [-0.05, 0) is 38.3 Å². The molecule has 1 saturated carbocycles. The van der Waals surface area contributed by atoms with E-state index in [0.717, 1.165) is 30.4 Å². The third-order valence-electron chi connectivity index (χ3n) is 3.10. The summed E-state index contributed by atoms with van der Waals surface area (Å²) >= 11 is 0. The first-order valence-corrected chi connectivity index (χ1v) is 6.57. The molecule has 94 valence electrons. The summed E-state index contributed by atoms with van der Waals surface area (Å²) in [5.74, 6) is 0. The first-order chi connectivity index (χ1) is 8.28. The summed E-state index contributed by atoms with van der Waals surface area (Å²) in [6.45, 7) is 5.72. The van der Waals surface area contributed by atoms with Crippen LogP contribution in [-0.2, 0) is 17.9 Å². The summed E-state index contributed by atoms with van der Waals surface area (Å²) in [7, 11) is 0. The van der Waals surface area contributed by atoms with Crippen molar-refractivity contribution < 1.29 is 4.74 Å². The van der Waals surface area contributed by atoms with E-state index in [-0.39, 0.29) is 0 Å². The van der Waals surface area contributed by atoms with E-state index >= 15 is 0 Å². The third-order valence-corrected chi connectivity index (χ3v) is 3.10. The number of rotatable bonds is 7. The number of ether oxygens (including phenoxy) is 1. The van der Waals surface area contributed by atoms with Crippen LogP contribution in [0.15, 0.2) is 18.2 Å². The first kappa shape index (κ1) is 12.5. The topological polar surface area (TPSA) is 34.1 Å². The molecule has 0 spiro atoms. The van der Waals surface area contributed by atoms with Crippen molar-refractivity contribution >= 4 is 0 Å². The van der Waals surface area contributed by atoms with Gasteiger partial charge in [0, 0.05) is 12.6 Å². The Kier molecular flexibility index (Phi) is 4.51. The quantitative estimate of drug-likeness (QED) is 0.787. The number of nitrogens with one attached hydrogen (secondary N) is 1. The van der Waals surface area contributed by atoms with Gasteiger partial charge in [-0.3, -0.25) is 4.98 Å². The van der Waals surface area contributed by atoms with Gasteiger partial charge in [0.15, 0.2) is 0 Å². The largest absolute Gasteiger partial charge is 0.372 e. The van der Waals surface area contributed by atoms with E-state index in [9.17, 15) is 0 Å². The zero-order valence-corrected chi connectivity index (χ0v) is 10.8. The van der Waals surface area contributed by atoms with Gasteiger partial charge in [0.05, 0.1) is 24.1 Å². The van der Waals surface area contributed by atoms with Crippen molar-refractivity contribution in [3.05, 3.63) is 29.6 Å². The van der Waals surface area contributed by atoms with Crippen molar-refractivity contribution in [2.24, 2.45) is 0 Å². The monoisotopic (exact) mass is 234 g/mol. The van der Waals surface area contributed by atoms with Crippen molar-refractivity contribution in [2.45, 2.75) is 58.4 Å². The second-order valence-corrected chi connectivity index (χ2v) is 4.81. The molecule has 1 atom stereocenters. The molecule has 0 amide bonds. The van der Waals surface area contributed by atoms with Crippen LogP contribution >= 0.6 is 0 Å². The number of hydrogen-bond acceptors (Lipinski definition) is 3. The normalized spacial score (nSPS) is 17.1. The average Bonchev–Trinajstić information content (AvgIpc) is 3.18. The Morgan fingerprint density at radius 2 is 2.18 bits per heavy atom. The van der Waals surface area contributed by atoms with Crippen molar-refractivity contribution in [1.29, 1.82) is 0 Å². The van der Waals surface area contributed by atoms with Gasteiger partial charge in [-0.2, -0.15) is 0 Å². The van der Waals surface area contributed by atoms with E-state index in [1.807, 2.05) is 6.07 Å². The summed E-state index contributed by atoms with van der Waals surface area (Å²) in [6.07, 6.45) is 3.99. The molecular weight excluding hydrogens is 212 g/mol. The van der Waals surface area contributed by atoms with Crippen LogP contribution in [0.25, 0.3) is 0 Å². The predicted octanol–water partition coefficient (Wildman–Crippen LogP) is 2.65. The highest BCUT2D eigenvalue weighted by molar-refractivity contribution is 5.11. The average molecular weight is 234 g/mol. The molecule has 1 N–H and O–H groups in total. The standard InChI is InChI=1S/C14H22N2O/c1-3-11(2)17-10-14-6-4-5-13(16-14)9-15-12-7-8-12/h4-6,11-12,15H,3,7-10H2,1-2H3. The molecule has 3 heteroatoms. The van der Waals surface area contributed by atoms with Crippen molar-refractivity contribution in [3.8, 4) is 0 Å². The van der Waals surface area contributed by atoms with Gasteiger partial charge >= 0.3 is 0 Å². The molecule has 17 heavy (non-hydrogen) atoms. The predicted molar refractivity (Wildman–Crippen MR) is 68.6 cm³/mol. The minimum Gasteiger partial charge on any atom is -0.372 e. The van der Waals surface area contributed by atoms with E-state index in [1.54, 1.807) is 0 Å². The molecule has 1 heterocycles. The van der Waals surface area contributed by atoms with E-state index in [1.165, 1.54) is 12.8 Å². The Morgan fingerprint density at radius 1 is 1.41 bits per heavy atom. The van der Waals surface area contributed by atoms with E-state index < -0.39 is 0 Å². The van der Waals surface area contributed by atoms with Crippen LogP contribution in [0.2, 0.25) is 0 Å². The van der Waals surface area contributed by atoms with E-state index in [4.69, 9.17) is 4.74 Å². The van der Waals surface area contributed by atoms with Crippen LogP contribution in [0.1, 0.15) is 44.5 Å². The SMILES string of the molecule is CCC(C)OCc1cccc(CNC2CC2)n1. The lowest BCUT2D eigenvalue weighted by Crippen LogP contribution is -2.16. The summed E-state index contributed by atoms with van der Waals surface area (Å²) in [4.78, 5) is 4.59. The van der Waals surface area contributed by atoms with Crippen LogP contribution in [-0.4, -0.2) is 17.1 Å². The van der Waals surface area contributed by atoms with Crippen LogP contribution in [0.3, 0.4) is 0 Å². The second kappa shape index (κ2) is 6.12. The molecule has 0 aromatic carbocycles. The molecule has 2 rings (SSSR count). The fraction of sp³-hybridized carbons (Fsp3) is 0.643. The Balaban J connectivity index is 1.82. The van der Waals surface area contributed by atoms with Crippen LogP contribution in [0, 0.1) is 0 Å². The van der Waals surface area contributed by atoms with Gasteiger partial charge in [0.2, 0.25) is 0 Å². The van der Waals surface area contributed by atoms with Gasteiger partial charge in [0.1, 0.15) is 0 Å². The molecule has 0 bridgehead atoms. The summed E-state index contributed by atoms with van der Waals surface area (Å²) in [6, 6.07) is 6.90. The number of hydrogen-bond donors (Lipinski definition) is 1. The number of nitrogens with zero attached hydrogens (tertiary/aromatic N) is 1. The molecule has 1 unspecified atom stereocenters. The maximum Gasteiger partial charge on any atom is 0.0891 e. The number of pyridine rings is 1. The molecular formula is C14H22N2O. The minimum absolute atomic E-state index is 0.310. The van der Waals surface area contributed by atoms with Gasteiger partial charge in [-0.15, -0.1) is 0 Å². The Labute approximate surface area is 104 Å². The van der Waals surface area contributed by atoms with Crippen LogP contribution in [0.5, 0.6) is 0 Å². The van der Waals surface area contributed by atoms with E-state index in [2.05, 4.69) is 36.3 Å². The zero-order valence-electron chi connectivity index (χ0n) is 10.8. The highest BCUT2D eigenvalue weighted by Gasteiger charge is 2.20. The lowest BCUT2D eigenvalue weighted by molar-refractivity contribution is 0.0488. The van der Waals surface area contributed by atoms with Crippen LogP contribution in [0.4, 0.5) is 0 Å². The Bertz CT molecular complexity index is 350. The smallest absolute Gasteiger partial charge is 0.0891 e. The number of aromatic nitrogens is 1. The fourth-order valence-corrected chi connectivity index (χ4v) is 1.59. The minimum atomic E-state index is 0.310. The molecule has 0 aliphatic heterocycles. The maximum absolute atomic E-state index is 5.69. The van der Waals surface area contributed by atoms with E-state index in [0.29, 0.717) is 12.7 Å². The van der Waals surface area contributed by atoms with Gasteiger partial charge in [0.25, 0.3) is 0 Å². The summed E-state index contributed by atoms with van der Waals surface area (Å²) < 4.78 is 5.69. The molecule has 1 aromatic rings. The molecule has 0 radical (unpaired) electrons. The molecule has 1 aromatic heterocycles. The Hall–Kier alpha value is -0.930. The molecule has 0 saturated heterocycles. The molecule has 3 nitrogen and oxygen atoms in total. The first-order valence-electron chi connectivity index (χ1n) is 6.57. The fourth-order valence-electron chi connectivity index (χ4n) is 1.59. The van der Waals surface area contributed by atoms with Gasteiger partial charge in [-0.25, -0.2) is 0 Å². The van der Waals surface area contributed by atoms with Gasteiger partial charge < -0.3 is 10.1 Å². The van der Waals surface area contributed by atoms with Crippen LogP contribution < -0.4 is 5.32 Å². The molecule has 1 aliphatic rings. The highest BCUT2D eigenvalue weighted by Crippen LogP contribution is 2.19. The van der Waals surface area contributed by atoms with Crippen molar-refractivity contribution in [2.75, 3.05) is 0 Å². The zero-order chi connectivity index (χ0) is 12.1. The lowest BCUT2D eigenvalue weighted by Gasteiger charge is -2.10. The lowest BCUT2D eigenvalue weighted by atomic mass is 10.3. The Morgan fingerprint density at radius 3 is 2.88 bits per heavy atom. The second-order valence-electron chi connectivity index (χ2n) is 4.81. The van der Waals surface area contributed by atoms with Crippen molar-refractivity contribution in [3.63, 3.8) is 0 Å². The molecule has 1 aliphatic carbocycles. The summed E-state index contributed by atoms with van der Waals surface area (Å²) in [5.41, 5.74) is 2.14. The summed E-state index contributed by atoms with van der Waals surface area (Å²) in [5, 5.41) is 3.47. The van der Waals surface area contributed by atoms with Crippen molar-refractivity contribution in [1.82, 2.24) is 10.3 Å². The highest BCUT2D eigenvalue weighted by atomic mass is 16.5.